The van der Waals surface area contributed by atoms with E-state index in [-0.39, 0.29) is 10.8 Å². The van der Waals surface area contributed by atoms with E-state index in [0.29, 0.717) is 15.9 Å². The zero-order valence-electron chi connectivity index (χ0n) is 12.3. The summed E-state index contributed by atoms with van der Waals surface area (Å²) in [5.74, 6) is 0.595. The number of fused-ring (bicyclic) bond motifs is 1. The van der Waals surface area contributed by atoms with Crippen LogP contribution < -0.4 is 10.2 Å². The van der Waals surface area contributed by atoms with Crippen LogP contribution in [0.1, 0.15) is 21.9 Å². The molecule has 0 bridgehead atoms. The molecule has 0 aliphatic carbocycles. The molecule has 0 saturated carbocycles. The van der Waals surface area contributed by atoms with Gasteiger partial charge in [-0.15, -0.1) is 0 Å². The minimum absolute atomic E-state index is 0.0987. The Labute approximate surface area is 152 Å². The molecule has 0 fully saturated rings. The average molecular weight is 375 g/mol. The summed E-state index contributed by atoms with van der Waals surface area (Å²) in [6.07, 6.45) is 2.06. The molecular weight excluding hydrogens is 363 g/mol. The summed E-state index contributed by atoms with van der Waals surface area (Å²) < 4.78 is 0. The van der Waals surface area contributed by atoms with Crippen LogP contribution in [0.2, 0.25) is 10.0 Å². The minimum Gasteiger partial charge on any atom is -0.340 e. The highest BCUT2D eigenvalue weighted by atomic mass is 35.5. The number of benzene rings is 2. The van der Waals surface area contributed by atoms with E-state index < -0.39 is 0 Å². The van der Waals surface area contributed by atoms with E-state index in [1.165, 1.54) is 11.3 Å². The van der Waals surface area contributed by atoms with Crippen molar-refractivity contribution < 1.29 is 0 Å². The highest BCUT2D eigenvalue weighted by Crippen LogP contribution is 2.42. The first-order valence-electron chi connectivity index (χ1n) is 7.34. The summed E-state index contributed by atoms with van der Waals surface area (Å²) in [6.45, 7) is 0. The number of hydrogen-bond donors (Lipinski definition) is 2. The Morgan fingerprint density at radius 2 is 1.67 bits per heavy atom. The SMILES string of the molecule is O=c1[nH]c2c(s1)C(c1ccccc1Cl)C=C(c1ccccc1Cl)N2. The Balaban J connectivity index is 1.91. The summed E-state index contributed by atoms with van der Waals surface area (Å²) in [7, 11) is 0. The number of H-pyrrole nitrogens is 1. The quantitative estimate of drug-likeness (QED) is 0.635. The molecule has 0 radical (unpaired) electrons. The van der Waals surface area contributed by atoms with Crippen molar-refractivity contribution in [2.24, 2.45) is 0 Å². The number of rotatable bonds is 2. The lowest BCUT2D eigenvalue weighted by Gasteiger charge is -2.24. The monoisotopic (exact) mass is 374 g/mol. The molecule has 4 rings (SSSR count). The summed E-state index contributed by atoms with van der Waals surface area (Å²) in [4.78, 5) is 15.6. The van der Waals surface area contributed by atoms with Gasteiger partial charge in [-0.3, -0.25) is 9.78 Å². The van der Waals surface area contributed by atoms with E-state index in [2.05, 4.69) is 16.4 Å². The van der Waals surface area contributed by atoms with Crippen molar-refractivity contribution in [1.82, 2.24) is 4.98 Å². The fourth-order valence-corrected chi connectivity index (χ4v) is 4.24. The highest BCUT2D eigenvalue weighted by Gasteiger charge is 2.27. The van der Waals surface area contributed by atoms with Gasteiger partial charge in [-0.2, -0.15) is 0 Å². The summed E-state index contributed by atoms with van der Waals surface area (Å²) in [6, 6.07) is 15.3. The second-order valence-electron chi connectivity index (χ2n) is 5.44. The van der Waals surface area contributed by atoms with E-state index in [4.69, 9.17) is 23.2 Å². The summed E-state index contributed by atoms with van der Waals surface area (Å²) in [5, 5.41) is 4.60. The molecule has 0 saturated heterocycles. The number of aromatic nitrogens is 1. The molecule has 0 amide bonds. The van der Waals surface area contributed by atoms with Crippen LogP contribution in [0.4, 0.5) is 5.82 Å². The van der Waals surface area contributed by atoms with Crippen LogP contribution in [-0.4, -0.2) is 4.98 Å². The van der Waals surface area contributed by atoms with Crippen molar-refractivity contribution in [3.63, 3.8) is 0 Å². The summed E-state index contributed by atoms with van der Waals surface area (Å²) in [5.41, 5.74) is 2.70. The van der Waals surface area contributed by atoms with E-state index in [9.17, 15) is 4.79 Å². The van der Waals surface area contributed by atoms with Gasteiger partial charge in [0.25, 0.3) is 0 Å². The predicted octanol–water partition coefficient (Wildman–Crippen LogP) is 5.34. The average Bonchev–Trinajstić information content (AvgIpc) is 2.95. The van der Waals surface area contributed by atoms with Gasteiger partial charge in [-0.05, 0) is 23.8 Å². The molecule has 0 spiro atoms. The van der Waals surface area contributed by atoms with Gasteiger partial charge in [0.1, 0.15) is 5.82 Å². The molecule has 24 heavy (non-hydrogen) atoms. The van der Waals surface area contributed by atoms with E-state index in [1.54, 1.807) is 0 Å². The lowest BCUT2D eigenvalue weighted by atomic mass is 9.92. The molecule has 2 N–H and O–H groups in total. The van der Waals surface area contributed by atoms with Crippen LogP contribution in [-0.2, 0) is 0 Å². The van der Waals surface area contributed by atoms with Gasteiger partial charge in [-0.1, -0.05) is 70.9 Å². The van der Waals surface area contributed by atoms with Crippen molar-refractivity contribution in [2.75, 3.05) is 5.32 Å². The van der Waals surface area contributed by atoms with Gasteiger partial charge in [-0.25, -0.2) is 0 Å². The van der Waals surface area contributed by atoms with Gasteiger partial charge in [0.05, 0.1) is 4.88 Å². The molecule has 1 aliphatic rings. The van der Waals surface area contributed by atoms with Crippen LogP contribution in [0.5, 0.6) is 0 Å². The van der Waals surface area contributed by atoms with Crippen molar-refractivity contribution in [3.05, 3.63) is 90.3 Å². The zero-order valence-corrected chi connectivity index (χ0v) is 14.7. The van der Waals surface area contributed by atoms with Gasteiger partial charge in [0.15, 0.2) is 0 Å². The third-order valence-electron chi connectivity index (χ3n) is 3.96. The molecule has 3 aromatic rings. The lowest BCUT2D eigenvalue weighted by Crippen LogP contribution is -2.12. The minimum atomic E-state index is -0.106. The number of nitrogens with one attached hydrogen (secondary N) is 2. The van der Waals surface area contributed by atoms with Gasteiger partial charge >= 0.3 is 4.87 Å². The lowest BCUT2D eigenvalue weighted by molar-refractivity contribution is 1.03. The zero-order chi connectivity index (χ0) is 16.7. The second-order valence-corrected chi connectivity index (χ2v) is 7.27. The van der Waals surface area contributed by atoms with Gasteiger partial charge in [0, 0.05) is 27.2 Å². The molecule has 2 heterocycles. The number of aromatic amines is 1. The molecular formula is C18H12Cl2N2OS. The van der Waals surface area contributed by atoms with Gasteiger partial charge < -0.3 is 5.32 Å². The Kier molecular flexibility index (Phi) is 3.96. The number of allylic oxidation sites excluding steroid dienone is 1. The van der Waals surface area contributed by atoms with Crippen LogP contribution in [0.25, 0.3) is 5.70 Å². The van der Waals surface area contributed by atoms with Crippen LogP contribution in [0.3, 0.4) is 0 Å². The van der Waals surface area contributed by atoms with E-state index >= 15 is 0 Å². The molecule has 2 aromatic carbocycles. The highest BCUT2D eigenvalue weighted by molar-refractivity contribution is 7.10. The van der Waals surface area contributed by atoms with E-state index in [1.807, 2.05) is 48.5 Å². The maximum absolute atomic E-state index is 11.9. The third kappa shape index (κ3) is 2.67. The standard InChI is InChI=1S/C18H12Cl2N2OS/c19-13-7-3-1-5-10(13)12-9-15(11-6-2-4-8-14(11)20)21-17-16(12)24-18(23)22-17/h1-9,12,21H,(H,22,23). The predicted molar refractivity (Wildman–Crippen MR) is 101 cm³/mol. The normalized spacial score (nSPS) is 16.2. The van der Waals surface area contributed by atoms with E-state index in [0.717, 1.165) is 21.7 Å². The maximum Gasteiger partial charge on any atom is 0.306 e. The van der Waals surface area contributed by atoms with Crippen LogP contribution in [0, 0.1) is 0 Å². The van der Waals surface area contributed by atoms with Gasteiger partial charge in [0.2, 0.25) is 0 Å². The Morgan fingerprint density at radius 1 is 0.958 bits per heavy atom. The Bertz CT molecular complexity index is 1010. The molecule has 120 valence electrons. The smallest absolute Gasteiger partial charge is 0.306 e. The molecule has 6 heteroatoms. The maximum atomic E-state index is 11.9. The summed E-state index contributed by atoms with van der Waals surface area (Å²) >= 11 is 13.9. The molecule has 1 aromatic heterocycles. The molecule has 3 nitrogen and oxygen atoms in total. The fourth-order valence-electron chi connectivity index (χ4n) is 2.87. The number of hydrogen-bond acceptors (Lipinski definition) is 3. The van der Waals surface area contributed by atoms with Crippen molar-refractivity contribution in [2.45, 2.75) is 5.92 Å². The fraction of sp³-hybridized carbons (Fsp3) is 0.0556. The number of halogens is 2. The molecule has 1 aliphatic heterocycles. The van der Waals surface area contributed by atoms with Crippen molar-refractivity contribution in [3.8, 4) is 0 Å². The van der Waals surface area contributed by atoms with Crippen LogP contribution in [0.15, 0.2) is 59.4 Å². The third-order valence-corrected chi connectivity index (χ3v) is 5.60. The Hall–Kier alpha value is -2.01. The largest absolute Gasteiger partial charge is 0.340 e. The number of thiazole rings is 1. The first-order valence-corrected chi connectivity index (χ1v) is 8.92. The number of anilines is 1. The van der Waals surface area contributed by atoms with Crippen molar-refractivity contribution >= 4 is 46.1 Å². The Morgan fingerprint density at radius 3 is 2.42 bits per heavy atom. The first-order chi connectivity index (χ1) is 11.6. The molecule has 1 unspecified atom stereocenters. The topological polar surface area (TPSA) is 44.9 Å². The molecule has 1 atom stereocenters. The second kappa shape index (κ2) is 6.13. The first kappa shape index (κ1) is 15.5. The van der Waals surface area contributed by atoms with Crippen molar-refractivity contribution in [1.29, 1.82) is 0 Å². The van der Waals surface area contributed by atoms with Crippen LogP contribution >= 0.6 is 34.5 Å².